The fraction of sp³-hybridized carbons (Fsp3) is 0.556. The van der Waals surface area contributed by atoms with E-state index in [9.17, 15) is 4.79 Å². The van der Waals surface area contributed by atoms with Crippen LogP contribution in [0.15, 0.2) is 17.6 Å². The largest absolute Gasteiger partial charge is 0.464 e. The zero-order chi connectivity index (χ0) is 9.19. The summed E-state index contributed by atoms with van der Waals surface area (Å²) >= 11 is 0. The quantitative estimate of drug-likeness (QED) is 0.468. The first-order valence-corrected chi connectivity index (χ1v) is 4.02. The third kappa shape index (κ3) is 1.26. The molecule has 0 saturated heterocycles. The van der Waals surface area contributed by atoms with Crippen molar-refractivity contribution in [2.45, 2.75) is 25.8 Å². The third-order valence-corrected chi connectivity index (χ3v) is 1.96. The Balaban J connectivity index is 2.58. The minimum Gasteiger partial charge on any atom is -0.464 e. The number of esters is 1. The molecular formula is C9H13NO2. The Labute approximate surface area is 72.1 Å². The van der Waals surface area contributed by atoms with Crippen molar-refractivity contribution >= 4 is 11.7 Å². The van der Waals surface area contributed by atoms with Crippen LogP contribution in [0.1, 0.15) is 20.3 Å². The molecule has 3 heteroatoms. The van der Waals surface area contributed by atoms with Gasteiger partial charge in [0.05, 0.1) is 12.3 Å². The van der Waals surface area contributed by atoms with E-state index in [1.54, 1.807) is 13.0 Å². The van der Waals surface area contributed by atoms with Gasteiger partial charge in [0.2, 0.25) is 0 Å². The summed E-state index contributed by atoms with van der Waals surface area (Å²) in [6.45, 7) is 7.61. The van der Waals surface area contributed by atoms with Gasteiger partial charge in [-0.2, -0.15) is 0 Å². The number of nitrogens with zero attached hydrogens (tertiary/aromatic N) is 1. The normalized spacial score (nSPS) is 26.0. The summed E-state index contributed by atoms with van der Waals surface area (Å²) in [5.41, 5.74) is 0.179. The topological polar surface area (TPSA) is 38.7 Å². The summed E-state index contributed by atoms with van der Waals surface area (Å²) in [7, 11) is 0. The van der Waals surface area contributed by atoms with Gasteiger partial charge in [0, 0.05) is 6.42 Å². The van der Waals surface area contributed by atoms with Crippen LogP contribution in [0.3, 0.4) is 0 Å². The SMILES string of the molecule is C=CCC1(C(=O)OCC)N=C1C. The molecule has 1 atom stereocenters. The number of ether oxygens (including phenoxy) is 1. The molecule has 0 spiro atoms. The lowest BCUT2D eigenvalue weighted by Gasteiger charge is -2.10. The van der Waals surface area contributed by atoms with Crippen LogP contribution in [-0.2, 0) is 9.53 Å². The Kier molecular flexibility index (Phi) is 2.31. The fourth-order valence-electron chi connectivity index (χ4n) is 1.19. The maximum Gasteiger partial charge on any atom is 0.340 e. The molecule has 0 aromatic carbocycles. The highest BCUT2D eigenvalue weighted by Gasteiger charge is 2.51. The lowest BCUT2D eigenvalue weighted by Crippen LogP contribution is -2.31. The van der Waals surface area contributed by atoms with Crippen LogP contribution in [0.4, 0.5) is 0 Å². The number of aliphatic imine (C=N–C) groups is 1. The Morgan fingerprint density at radius 2 is 2.42 bits per heavy atom. The van der Waals surface area contributed by atoms with Crippen molar-refractivity contribution in [2.75, 3.05) is 6.61 Å². The number of carbonyl (C=O) groups excluding carboxylic acids is 1. The summed E-state index contributed by atoms with van der Waals surface area (Å²) in [5.74, 6) is -0.248. The highest BCUT2D eigenvalue weighted by molar-refractivity contribution is 6.20. The summed E-state index contributed by atoms with van der Waals surface area (Å²) in [6, 6.07) is 0. The van der Waals surface area contributed by atoms with Gasteiger partial charge in [-0.3, -0.25) is 4.99 Å². The monoisotopic (exact) mass is 167 g/mol. The Hall–Kier alpha value is -1.12. The van der Waals surface area contributed by atoms with Gasteiger partial charge in [-0.1, -0.05) is 6.08 Å². The smallest absolute Gasteiger partial charge is 0.340 e. The second kappa shape index (κ2) is 3.09. The van der Waals surface area contributed by atoms with Crippen LogP contribution in [0, 0.1) is 0 Å². The molecule has 0 fully saturated rings. The molecule has 0 amide bonds. The second-order valence-corrected chi connectivity index (χ2v) is 2.77. The molecule has 1 aliphatic heterocycles. The van der Waals surface area contributed by atoms with Crippen LogP contribution < -0.4 is 0 Å². The van der Waals surface area contributed by atoms with Gasteiger partial charge in [-0.15, -0.1) is 6.58 Å². The standard InChI is InChI=1S/C9H13NO2/c1-4-6-9(7(3)10-9)8(11)12-5-2/h4H,1,5-6H2,2-3H3. The van der Waals surface area contributed by atoms with E-state index < -0.39 is 5.54 Å². The predicted molar refractivity (Wildman–Crippen MR) is 47.3 cm³/mol. The summed E-state index contributed by atoms with van der Waals surface area (Å²) < 4.78 is 4.89. The van der Waals surface area contributed by atoms with E-state index in [-0.39, 0.29) is 5.97 Å². The molecule has 0 bridgehead atoms. The van der Waals surface area contributed by atoms with E-state index >= 15 is 0 Å². The molecule has 3 nitrogen and oxygen atoms in total. The van der Waals surface area contributed by atoms with Crippen molar-refractivity contribution in [3.8, 4) is 0 Å². The van der Waals surface area contributed by atoms with E-state index in [0.717, 1.165) is 5.71 Å². The molecule has 0 saturated carbocycles. The van der Waals surface area contributed by atoms with Gasteiger partial charge in [-0.05, 0) is 13.8 Å². The fourth-order valence-corrected chi connectivity index (χ4v) is 1.19. The van der Waals surface area contributed by atoms with Crippen LogP contribution in [0.2, 0.25) is 0 Å². The van der Waals surface area contributed by atoms with Crippen molar-refractivity contribution in [2.24, 2.45) is 4.99 Å². The van der Waals surface area contributed by atoms with Crippen LogP contribution in [0.25, 0.3) is 0 Å². The van der Waals surface area contributed by atoms with Crippen LogP contribution in [-0.4, -0.2) is 23.8 Å². The summed E-state index contributed by atoms with van der Waals surface area (Å²) in [4.78, 5) is 15.4. The minimum atomic E-state index is -0.669. The molecule has 0 N–H and O–H groups in total. The molecular weight excluding hydrogens is 154 g/mol. The molecule has 1 rings (SSSR count). The Morgan fingerprint density at radius 3 is 2.75 bits per heavy atom. The molecule has 12 heavy (non-hydrogen) atoms. The van der Waals surface area contributed by atoms with E-state index in [1.807, 2.05) is 6.92 Å². The van der Waals surface area contributed by atoms with E-state index in [4.69, 9.17) is 4.74 Å². The third-order valence-electron chi connectivity index (χ3n) is 1.96. The lowest BCUT2D eigenvalue weighted by molar-refractivity contribution is -0.145. The Morgan fingerprint density at radius 1 is 1.83 bits per heavy atom. The highest BCUT2D eigenvalue weighted by Crippen LogP contribution is 2.33. The Bertz CT molecular complexity index is 245. The van der Waals surface area contributed by atoms with Crippen molar-refractivity contribution in [3.05, 3.63) is 12.7 Å². The number of carbonyl (C=O) groups is 1. The molecule has 1 heterocycles. The molecule has 1 unspecified atom stereocenters. The summed E-state index contributed by atoms with van der Waals surface area (Å²) in [5, 5.41) is 0. The first-order valence-electron chi connectivity index (χ1n) is 4.02. The average Bonchev–Trinajstić information content (AvgIpc) is 2.64. The van der Waals surface area contributed by atoms with Gasteiger partial charge in [0.15, 0.2) is 5.54 Å². The number of hydrogen-bond donors (Lipinski definition) is 0. The first-order chi connectivity index (χ1) is 5.67. The second-order valence-electron chi connectivity index (χ2n) is 2.77. The van der Waals surface area contributed by atoms with Crippen LogP contribution >= 0.6 is 0 Å². The minimum absolute atomic E-state index is 0.248. The predicted octanol–water partition coefficient (Wildman–Crippen LogP) is 1.34. The molecule has 1 aliphatic rings. The zero-order valence-corrected chi connectivity index (χ0v) is 7.46. The van der Waals surface area contributed by atoms with Crippen LogP contribution in [0.5, 0.6) is 0 Å². The van der Waals surface area contributed by atoms with Crippen molar-refractivity contribution < 1.29 is 9.53 Å². The van der Waals surface area contributed by atoms with Gasteiger partial charge in [0.1, 0.15) is 0 Å². The molecule has 0 aromatic rings. The van der Waals surface area contributed by atoms with E-state index in [0.29, 0.717) is 13.0 Å². The number of rotatable bonds is 4. The highest BCUT2D eigenvalue weighted by atomic mass is 16.5. The maximum absolute atomic E-state index is 11.3. The average molecular weight is 167 g/mol. The molecule has 0 aromatic heterocycles. The van der Waals surface area contributed by atoms with E-state index in [1.165, 1.54) is 0 Å². The van der Waals surface area contributed by atoms with Gasteiger partial charge in [0.25, 0.3) is 0 Å². The molecule has 0 aliphatic carbocycles. The van der Waals surface area contributed by atoms with Gasteiger partial charge in [-0.25, -0.2) is 4.79 Å². The lowest BCUT2D eigenvalue weighted by atomic mass is 10.0. The molecule has 0 radical (unpaired) electrons. The van der Waals surface area contributed by atoms with Crippen molar-refractivity contribution in [1.29, 1.82) is 0 Å². The zero-order valence-electron chi connectivity index (χ0n) is 7.46. The van der Waals surface area contributed by atoms with Gasteiger partial charge < -0.3 is 4.74 Å². The van der Waals surface area contributed by atoms with Gasteiger partial charge >= 0.3 is 5.97 Å². The first kappa shape index (κ1) is 8.97. The van der Waals surface area contributed by atoms with Crippen molar-refractivity contribution in [3.63, 3.8) is 0 Å². The summed E-state index contributed by atoms with van der Waals surface area (Å²) in [6.07, 6.45) is 2.24. The number of hydrogen-bond acceptors (Lipinski definition) is 3. The van der Waals surface area contributed by atoms with E-state index in [2.05, 4.69) is 11.6 Å². The maximum atomic E-state index is 11.3. The molecule has 66 valence electrons. The van der Waals surface area contributed by atoms with Crippen molar-refractivity contribution in [1.82, 2.24) is 0 Å².